The molecule has 1 unspecified atom stereocenters. The number of methoxy groups -OCH3 is 1. The van der Waals surface area contributed by atoms with Crippen molar-refractivity contribution in [2.45, 2.75) is 16.6 Å². The van der Waals surface area contributed by atoms with E-state index in [1.54, 1.807) is 6.07 Å². The SMILES string of the molecule is COC(=O)C(Br)CNS(=O)(=O)c1cc(Br)c(C)cc1Br. The maximum Gasteiger partial charge on any atom is 0.320 e. The second-order valence-electron chi connectivity index (χ2n) is 3.87. The van der Waals surface area contributed by atoms with Crippen LogP contribution in [0.2, 0.25) is 0 Å². The van der Waals surface area contributed by atoms with Crippen LogP contribution in [0.3, 0.4) is 0 Å². The molecule has 0 aliphatic carbocycles. The number of ether oxygens (including phenoxy) is 1. The van der Waals surface area contributed by atoms with Crippen LogP contribution in [0.25, 0.3) is 0 Å². The second kappa shape index (κ2) is 7.35. The topological polar surface area (TPSA) is 72.5 Å². The smallest absolute Gasteiger partial charge is 0.320 e. The molecule has 0 aliphatic heterocycles. The van der Waals surface area contributed by atoms with Gasteiger partial charge in [-0.2, -0.15) is 0 Å². The van der Waals surface area contributed by atoms with E-state index < -0.39 is 20.8 Å². The molecule has 1 aromatic carbocycles. The Kier molecular flexibility index (Phi) is 6.65. The Hall–Kier alpha value is 0.0400. The van der Waals surface area contributed by atoms with Crippen molar-refractivity contribution in [3.05, 3.63) is 26.6 Å². The van der Waals surface area contributed by atoms with E-state index in [1.165, 1.54) is 13.2 Å². The molecule has 5 nitrogen and oxygen atoms in total. The summed E-state index contributed by atoms with van der Waals surface area (Å²) in [5, 5.41) is 0. The third-order valence-electron chi connectivity index (χ3n) is 2.41. The minimum absolute atomic E-state index is 0.0968. The molecule has 1 aromatic rings. The van der Waals surface area contributed by atoms with Crippen molar-refractivity contribution in [1.82, 2.24) is 4.72 Å². The minimum Gasteiger partial charge on any atom is -0.468 e. The van der Waals surface area contributed by atoms with Crippen molar-refractivity contribution in [2.24, 2.45) is 0 Å². The summed E-state index contributed by atoms with van der Waals surface area (Å²) in [7, 11) is -2.50. The molecule has 0 saturated heterocycles. The minimum atomic E-state index is -3.73. The number of aryl methyl sites for hydroxylation is 1. The number of esters is 1. The van der Waals surface area contributed by atoms with E-state index >= 15 is 0 Å². The highest BCUT2D eigenvalue weighted by Crippen LogP contribution is 2.28. The van der Waals surface area contributed by atoms with Gasteiger partial charge in [-0.25, -0.2) is 13.1 Å². The predicted octanol–water partition coefficient (Wildman–Crippen LogP) is 2.73. The van der Waals surface area contributed by atoms with E-state index in [4.69, 9.17) is 0 Å². The standard InChI is InChI=1S/C11H12Br3NO4S/c1-6-3-8(13)10(4-7(6)12)20(17,18)15-5-9(14)11(16)19-2/h3-4,9,15H,5H2,1-2H3. The average Bonchev–Trinajstić information content (AvgIpc) is 2.39. The number of rotatable bonds is 5. The molecule has 0 heterocycles. The number of hydrogen-bond donors (Lipinski definition) is 1. The maximum absolute atomic E-state index is 12.2. The molecular weight excluding hydrogens is 482 g/mol. The van der Waals surface area contributed by atoms with Crippen molar-refractivity contribution in [2.75, 3.05) is 13.7 Å². The monoisotopic (exact) mass is 491 g/mol. The summed E-state index contributed by atoms with van der Waals surface area (Å²) in [6, 6.07) is 3.20. The Bertz CT molecular complexity index is 618. The molecular formula is C11H12Br3NO4S. The van der Waals surface area contributed by atoms with Gasteiger partial charge in [-0.05, 0) is 40.5 Å². The fourth-order valence-corrected chi connectivity index (χ4v) is 4.59. The van der Waals surface area contributed by atoms with E-state index in [-0.39, 0.29) is 11.4 Å². The van der Waals surface area contributed by atoms with Crippen LogP contribution in [0.4, 0.5) is 0 Å². The molecule has 112 valence electrons. The van der Waals surface area contributed by atoms with Gasteiger partial charge in [0.05, 0.1) is 12.0 Å². The van der Waals surface area contributed by atoms with Crippen molar-refractivity contribution < 1.29 is 17.9 Å². The lowest BCUT2D eigenvalue weighted by Crippen LogP contribution is -2.34. The van der Waals surface area contributed by atoms with Gasteiger partial charge in [0.25, 0.3) is 0 Å². The van der Waals surface area contributed by atoms with Crippen LogP contribution in [-0.2, 0) is 19.6 Å². The molecule has 0 aliphatic rings. The normalized spacial score (nSPS) is 13.1. The first kappa shape index (κ1) is 18.1. The first-order valence-electron chi connectivity index (χ1n) is 5.36. The molecule has 1 rings (SSSR count). The molecule has 0 saturated carbocycles. The summed E-state index contributed by atoms with van der Waals surface area (Å²) in [5.74, 6) is -0.545. The molecule has 1 N–H and O–H groups in total. The van der Waals surface area contributed by atoms with Gasteiger partial charge in [-0.15, -0.1) is 0 Å². The summed E-state index contributed by atoms with van der Waals surface area (Å²) in [5.41, 5.74) is 0.906. The average molecular weight is 494 g/mol. The van der Waals surface area contributed by atoms with Gasteiger partial charge < -0.3 is 4.74 Å². The molecule has 20 heavy (non-hydrogen) atoms. The number of halogens is 3. The lowest BCUT2D eigenvalue weighted by atomic mass is 10.2. The Morgan fingerprint density at radius 3 is 2.50 bits per heavy atom. The molecule has 0 amide bonds. The van der Waals surface area contributed by atoms with E-state index in [1.807, 2.05) is 6.92 Å². The molecule has 0 fully saturated rings. The van der Waals surface area contributed by atoms with E-state index in [0.717, 1.165) is 5.56 Å². The lowest BCUT2D eigenvalue weighted by molar-refractivity contribution is -0.139. The van der Waals surface area contributed by atoms with Gasteiger partial charge in [0.1, 0.15) is 4.83 Å². The van der Waals surface area contributed by atoms with E-state index in [0.29, 0.717) is 8.95 Å². The summed E-state index contributed by atoms with van der Waals surface area (Å²) < 4.78 is 32.4. The number of hydrogen-bond acceptors (Lipinski definition) is 4. The molecule has 1 atom stereocenters. The van der Waals surface area contributed by atoms with Gasteiger partial charge in [0.2, 0.25) is 10.0 Å². The Labute approximate surface area is 142 Å². The van der Waals surface area contributed by atoms with Crippen LogP contribution < -0.4 is 4.72 Å². The third kappa shape index (κ3) is 4.52. The molecule has 0 bridgehead atoms. The summed E-state index contributed by atoms with van der Waals surface area (Å²) in [6.07, 6.45) is 0. The van der Waals surface area contributed by atoms with Crippen LogP contribution in [0.15, 0.2) is 26.0 Å². The fraction of sp³-hybridized carbons (Fsp3) is 0.364. The number of carbonyl (C=O) groups excluding carboxylic acids is 1. The van der Waals surface area contributed by atoms with Crippen LogP contribution in [0.1, 0.15) is 5.56 Å². The van der Waals surface area contributed by atoms with Crippen molar-refractivity contribution in [1.29, 1.82) is 0 Å². The number of benzene rings is 1. The van der Waals surface area contributed by atoms with Crippen LogP contribution in [0, 0.1) is 6.92 Å². The summed E-state index contributed by atoms with van der Waals surface area (Å²) >= 11 is 9.56. The van der Waals surface area contributed by atoms with E-state index in [9.17, 15) is 13.2 Å². The van der Waals surface area contributed by atoms with Crippen molar-refractivity contribution in [3.8, 4) is 0 Å². The van der Waals surface area contributed by atoms with Gasteiger partial charge in [-0.3, -0.25) is 4.79 Å². The lowest BCUT2D eigenvalue weighted by Gasteiger charge is -2.12. The van der Waals surface area contributed by atoms with Gasteiger partial charge in [0.15, 0.2) is 0 Å². The first-order valence-corrected chi connectivity index (χ1v) is 9.34. The molecule has 0 aromatic heterocycles. The second-order valence-corrected chi connectivity index (χ2v) is 8.42. The zero-order valence-electron chi connectivity index (χ0n) is 10.6. The van der Waals surface area contributed by atoms with Gasteiger partial charge >= 0.3 is 5.97 Å². The third-order valence-corrected chi connectivity index (χ3v) is 6.35. The highest BCUT2D eigenvalue weighted by Gasteiger charge is 2.22. The predicted molar refractivity (Wildman–Crippen MR) is 86.5 cm³/mol. The quantitative estimate of drug-likeness (QED) is 0.505. The Balaban J connectivity index is 2.95. The maximum atomic E-state index is 12.2. The zero-order valence-corrected chi connectivity index (χ0v) is 16.2. The molecule has 9 heteroatoms. The highest BCUT2D eigenvalue weighted by molar-refractivity contribution is 9.11. The Morgan fingerprint density at radius 1 is 1.35 bits per heavy atom. The van der Waals surface area contributed by atoms with Crippen LogP contribution in [-0.4, -0.2) is 32.9 Å². The van der Waals surface area contributed by atoms with Crippen LogP contribution >= 0.6 is 47.8 Å². The molecule has 0 radical (unpaired) electrons. The zero-order chi connectivity index (χ0) is 15.5. The summed E-state index contributed by atoms with van der Waals surface area (Å²) in [4.78, 5) is 10.6. The number of sulfonamides is 1. The highest BCUT2D eigenvalue weighted by atomic mass is 79.9. The molecule has 0 spiro atoms. The summed E-state index contributed by atoms with van der Waals surface area (Å²) in [6.45, 7) is 1.75. The Morgan fingerprint density at radius 2 is 1.95 bits per heavy atom. The number of alkyl halides is 1. The first-order chi connectivity index (χ1) is 9.19. The van der Waals surface area contributed by atoms with Gasteiger partial charge in [0, 0.05) is 15.5 Å². The van der Waals surface area contributed by atoms with Crippen molar-refractivity contribution in [3.63, 3.8) is 0 Å². The van der Waals surface area contributed by atoms with Crippen LogP contribution in [0.5, 0.6) is 0 Å². The number of nitrogens with one attached hydrogen (secondary N) is 1. The van der Waals surface area contributed by atoms with Crippen molar-refractivity contribution >= 4 is 63.8 Å². The number of carbonyl (C=O) groups is 1. The fourth-order valence-electron chi connectivity index (χ4n) is 1.31. The largest absolute Gasteiger partial charge is 0.468 e. The van der Waals surface area contributed by atoms with Gasteiger partial charge in [-0.1, -0.05) is 31.9 Å². The van der Waals surface area contributed by atoms with E-state index in [2.05, 4.69) is 57.2 Å².